The van der Waals surface area contributed by atoms with Crippen molar-refractivity contribution in [1.29, 1.82) is 0 Å². The maximum absolute atomic E-state index is 13.1. The number of thiazole rings is 1. The fraction of sp³-hybridized carbons (Fsp3) is 0.350. The predicted molar refractivity (Wildman–Crippen MR) is 108 cm³/mol. The lowest BCUT2D eigenvalue weighted by Crippen LogP contribution is -2.49. The molecule has 8 heteroatoms. The second kappa shape index (κ2) is 7.71. The van der Waals surface area contributed by atoms with Gasteiger partial charge in [-0.05, 0) is 44.2 Å². The van der Waals surface area contributed by atoms with Crippen molar-refractivity contribution in [2.45, 2.75) is 20.3 Å². The summed E-state index contributed by atoms with van der Waals surface area (Å²) in [6.45, 7) is 6.74. The Balaban J connectivity index is 1.35. The van der Waals surface area contributed by atoms with Gasteiger partial charge in [0.15, 0.2) is 0 Å². The largest absolute Gasteiger partial charge is 0.368 e. The molecule has 0 radical (unpaired) electrons. The van der Waals surface area contributed by atoms with Crippen LogP contribution in [0.3, 0.4) is 0 Å². The molecule has 0 saturated carbocycles. The number of anilines is 1. The predicted octanol–water partition coefficient (Wildman–Crippen LogP) is 2.98. The van der Waals surface area contributed by atoms with Crippen molar-refractivity contribution in [3.63, 3.8) is 0 Å². The van der Waals surface area contributed by atoms with Gasteiger partial charge in [0, 0.05) is 42.9 Å². The van der Waals surface area contributed by atoms with Gasteiger partial charge in [0.1, 0.15) is 5.82 Å². The molecule has 3 heterocycles. The number of amides is 1. The summed E-state index contributed by atoms with van der Waals surface area (Å²) >= 11 is 1.50. The number of carbonyl (C=O) groups excluding carboxylic acids is 1. The normalized spacial score (nSPS) is 14.5. The van der Waals surface area contributed by atoms with Gasteiger partial charge in [-0.3, -0.25) is 4.79 Å². The van der Waals surface area contributed by atoms with Crippen LogP contribution < -0.4 is 4.90 Å². The Kier molecular flexibility index (Phi) is 5.13. The summed E-state index contributed by atoms with van der Waals surface area (Å²) in [5.74, 6) is -0.148. The Morgan fingerprint density at radius 2 is 1.86 bits per heavy atom. The van der Waals surface area contributed by atoms with Gasteiger partial charge < -0.3 is 9.80 Å². The summed E-state index contributed by atoms with van der Waals surface area (Å²) in [5, 5.41) is 7.16. The number of benzene rings is 1. The first kappa shape index (κ1) is 18.6. The van der Waals surface area contributed by atoms with Gasteiger partial charge in [-0.15, -0.1) is 11.3 Å². The van der Waals surface area contributed by atoms with E-state index in [1.54, 1.807) is 12.1 Å². The molecule has 146 valence electrons. The first-order chi connectivity index (χ1) is 13.5. The molecule has 0 unspecified atom stereocenters. The highest BCUT2D eigenvalue weighted by atomic mass is 32.1. The van der Waals surface area contributed by atoms with Gasteiger partial charge in [-0.25, -0.2) is 14.1 Å². The molecule has 0 bridgehead atoms. The van der Waals surface area contributed by atoms with Crippen LogP contribution in [-0.4, -0.2) is 51.8 Å². The highest BCUT2D eigenvalue weighted by Gasteiger charge is 2.22. The van der Waals surface area contributed by atoms with Crippen LogP contribution in [0.4, 0.5) is 10.1 Å². The van der Waals surface area contributed by atoms with Crippen LogP contribution in [0, 0.1) is 19.7 Å². The summed E-state index contributed by atoms with van der Waals surface area (Å²) in [5.41, 5.74) is 3.74. The Hall–Kier alpha value is -2.74. The zero-order chi connectivity index (χ0) is 19.7. The maximum Gasteiger partial charge on any atom is 0.228 e. The van der Waals surface area contributed by atoms with Gasteiger partial charge in [-0.2, -0.15) is 5.10 Å². The van der Waals surface area contributed by atoms with E-state index in [1.807, 2.05) is 34.9 Å². The number of halogens is 1. The molecule has 3 aromatic rings. The number of aryl methyl sites for hydroxylation is 2. The van der Waals surface area contributed by atoms with Gasteiger partial charge in [0.05, 0.1) is 17.8 Å². The summed E-state index contributed by atoms with van der Waals surface area (Å²) in [6.07, 6.45) is 0.298. The molecule has 4 rings (SSSR count). The number of hydrogen-bond acceptors (Lipinski definition) is 5. The highest BCUT2D eigenvalue weighted by Crippen LogP contribution is 2.20. The van der Waals surface area contributed by atoms with Crippen LogP contribution in [0.15, 0.2) is 35.7 Å². The van der Waals surface area contributed by atoms with Gasteiger partial charge in [0.25, 0.3) is 0 Å². The third-order valence-corrected chi connectivity index (χ3v) is 5.75. The SMILES string of the molecule is Cc1cc(C)n(-c2nc(CC(=O)N3CCN(c4ccc(F)cc4)CC3)cs2)n1. The fourth-order valence-electron chi connectivity index (χ4n) is 3.43. The number of nitrogens with zero attached hydrogens (tertiary/aromatic N) is 5. The lowest BCUT2D eigenvalue weighted by atomic mass is 10.2. The van der Waals surface area contributed by atoms with Crippen LogP contribution in [0.5, 0.6) is 0 Å². The maximum atomic E-state index is 13.1. The molecular formula is C20H22FN5OS. The van der Waals surface area contributed by atoms with E-state index < -0.39 is 0 Å². The molecule has 1 fully saturated rings. The minimum atomic E-state index is -0.235. The standard InChI is InChI=1S/C20H22FN5OS/c1-14-11-15(2)26(23-14)20-22-17(13-28-20)12-19(27)25-9-7-24(8-10-25)18-5-3-16(21)4-6-18/h3-6,11,13H,7-10,12H2,1-2H3. The molecule has 1 saturated heterocycles. The molecule has 28 heavy (non-hydrogen) atoms. The highest BCUT2D eigenvalue weighted by molar-refractivity contribution is 7.12. The molecule has 6 nitrogen and oxygen atoms in total. The molecule has 1 amide bonds. The van der Waals surface area contributed by atoms with Crippen molar-refractivity contribution in [1.82, 2.24) is 19.7 Å². The Bertz CT molecular complexity index is 973. The molecule has 2 aromatic heterocycles. The minimum Gasteiger partial charge on any atom is -0.368 e. The molecular weight excluding hydrogens is 377 g/mol. The molecule has 0 N–H and O–H groups in total. The monoisotopic (exact) mass is 399 g/mol. The summed E-state index contributed by atoms with van der Waals surface area (Å²) in [7, 11) is 0. The average molecular weight is 399 g/mol. The lowest BCUT2D eigenvalue weighted by molar-refractivity contribution is -0.130. The zero-order valence-electron chi connectivity index (χ0n) is 15.9. The average Bonchev–Trinajstić information content (AvgIpc) is 3.28. The zero-order valence-corrected chi connectivity index (χ0v) is 16.7. The first-order valence-corrected chi connectivity index (χ1v) is 10.1. The second-order valence-corrected chi connectivity index (χ2v) is 7.82. The van der Waals surface area contributed by atoms with E-state index in [0.717, 1.165) is 41.0 Å². The summed E-state index contributed by atoms with van der Waals surface area (Å²) < 4.78 is 14.9. The fourth-order valence-corrected chi connectivity index (χ4v) is 4.26. The van der Waals surface area contributed by atoms with Crippen molar-refractivity contribution < 1.29 is 9.18 Å². The lowest BCUT2D eigenvalue weighted by Gasteiger charge is -2.36. The summed E-state index contributed by atoms with van der Waals surface area (Å²) in [6, 6.07) is 8.50. The number of aromatic nitrogens is 3. The minimum absolute atomic E-state index is 0.0870. The molecule has 1 aliphatic heterocycles. The van der Waals surface area contributed by atoms with Crippen molar-refractivity contribution >= 4 is 22.9 Å². The first-order valence-electron chi connectivity index (χ1n) is 9.26. The van der Waals surface area contributed by atoms with Crippen molar-refractivity contribution in [2.24, 2.45) is 0 Å². The van der Waals surface area contributed by atoms with E-state index in [0.29, 0.717) is 19.5 Å². The van der Waals surface area contributed by atoms with Gasteiger partial charge in [0.2, 0.25) is 11.0 Å². The van der Waals surface area contributed by atoms with E-state index >= 15 is 0 Å². The number of carbonyl (C=O) groups is 1. The van der Waals surface area contributed by atoms with E-state index in [1.165, 1.54) is 23.5 Å². The van der Waals surface area contributed by atoms with Gasteiger partial charge in [-0.1, -0.05) is 0 Å². The van der Waals surface area contributed by atoms with E-state index in [2.05, 4.69) is 15.0 Å². The molecule has 0 spiro atoms. The molecule has 1 aliphatic rings. The van der Waals surface area contributed by atoms with Crippen LogP contribution >= 0.6 is 11.3 Å². The van der Waals surface area contributed by atoms with Crippen molar-refractivity contribution in [3.8, 4) is 5.13 Å². The smallest absolute Gasteiger partial charge is 0.228 e. The van der Waals surface area contributed by atoms with Gasteiger partial charge >= 0.3 is 0 Å². The Morgan fingerprint density at radius 1 is 1.14 bits per heavy atom. The number of piperazine rings is 1. The van der Waals surface area contributed by atoms with Crippen LogP contribution in [0.2, 0.25) is 0 Å². The van der Waals surface area contributed by atoms with E-state index in [-0.39, 0.29) is 11.7 Å². The third-order valence-electron chi connectivity index (χ3n) is 4.89. The Morgan fingerprint density at radius 3 is 2.50 bits per heavy atom. The number of rotatable bonds is 4. The molecule has 1 aromatic carbocycles. The number of hydrogen-bond donors (Lipinski definition) is 0. The topological polar surface area (TPSA) is 54.3 Å². The molecule has 0 atom stereocenters. The van der Waals surface area contributed by atoms with Crippen molar-refractivity contribution in [3.05, 3.63) is 58.6 Å². The van der Waals surface area contributed by atoms with Crippen molar-refractivity contribution in [2.75, 3.05) is 31.1 Å². The van der Waals surface area contributed by atoms with Crippen LogP contribution in [0.1, 0.15) is 17.1 Å². The quantitative estimate of drug-likeness (QED) is 0.677. The second-order valence-electron chi connectivity index (χ2n) is 6.98. The van der Waals surface area contributed by atoms with E-state index in [9.17, 15) is 9.18 Å². The van der Waals surface area contributed by atoms with Crippen LogP contribution in [0.25, 0.3) is 5.13 Å². The van der Waals surface area contributed by atoms with Crippen LogP contribution in [-0.2, 0) is 11.2 Å². The molecule has 0 aliphatic carbocycles. The third kappa shape index (κ3) is 3.91. The Labute approximate surface area is 167 Å². The summed E-state index contributed by atoms with van der Waals surface area (Å²) in [4.78, 5) is 21.3. The van der Waals surface area contributed by atoms with E-state index in [4.69, 9.17) is 0 Å².